The Kier molecular flexibility index (Phi) is 4.25. The second-order valence-corrected chi connectivity index (χ2v) is 4.00. The van der Waals surface area contributed by atoms with Gasteiger partial charge in [0.1, 0.15) is 11.5 Å². The molecule has 1 heterocycles. The molecule has 0 spiro atoms. The molecule has 0 aliphatic rings. The maximum atomic E-state index is 5.35. The third kappa shape index (κ3) is 3.05. The van der Waals surface area contributed by atoms with E-state index < -0.39 is 0 Å². The second kappa shape index (κ2) is 6.12. The molecule has 0 bridgehead atoms. The molecule has 0 aliphatic carbocycles. The largest absolute Gasteiger partial charge is 0.497 e. The second-order valence-electron chi connectivity index (χ2n) is 4.00. The van der Waals surface area contributed by atoms with Crippen LogP contribution >= 0.6 is 0 Å². The lowest BCUT2D eigenvalue weighted by atomic mass is 10.2. The SMILES string of the molecule is COc1ccc(CNCc2cc[nH]c2)c(OC)c1. The van der Waals surface area contributed by atoms with Crippen LogP contribution in [0.15, 0.2) is 36.7 Å². The van der Waals surface area contributed by atoms with Gasteiger partial charge in [0.15, 0.2) is 0 Å². The molecule has 0 fully saturated rings. The molecule has 1 aromatic heterocycles. The Morgan fingerprint density at radius 2 is 2.00 bits per heavy atom. The first-order valence-corrected chi connectivity index (χ1v) is 5.87. The van der Waals surface area contributed by atoms with Gasteiger partial charge in [-0.3, -0.25) is 0 Å². The molecule has 0 aliphatic heterocycles. The number of aromatic amines is 1. The van der Waals surface area contributed by atoms with Crippen molar-refractivity contribution in [3.63, 3.8) is 0 Å². The molecule has 0 amide bonds. The molecule has 0 atom stereocenters. The van der Waals surface area contributed by atoms with Crippen molar-refractivity contribution in [2.75, 3.05) is 14.2 Å². The van der Waals surface area contributed by atoms with Gasteiger partial charge >= 0.3 is 0 Å². The normalized spacial score (nSPS) is 10.3. The summed E-state index contributed by atoms with van der Waals surface area (Å²) < 4.78 is 10.5. The number of hydrogen-bond donors (Lipinski definition) is 2. The minimum atomic E-state index is 0.762. The summed E-state index contributed by atoms with van der Waals surface area (Å²) in [6, 6.07) is 7.91. The Morgan fingerprint density at radius 1 is 1.11 bits per heavy atom. The van der Waals surface area contributed by atoms with Crippen molar-refractivity contribution >= 4 is 0 Å². The zero-order chi connectivity index (χ0) is 12.8. The number of aromatic nitrogens is 1. The molecule has 96 valence electrons. The van der Waals surface area contributed by atoms with Gasteiger partial charge in [-0.15, -0.1) is 0 Å². The fraction of sp³-hybridized carbons (Fsp3) is 0.286. The standard InChI is InChI=1S/C14H18N2O2/c1-17-13-4-3-12(14(7-13)18-2)10-16-9-11-5-6-15-8-11/h3-8,15-16H,9-10H2,1-2H3. The number of rotatable bonds is 6. The maximum Gasteiger partial charge on any atom is 0.127 e. The first-order valence-electron chi connectivity index (χ1n) is 5.87. The number of benzene rings is 1. The van der Waals surface area contributed by atoms with E-state index in [1.54, 1.807) is 14.2 Å². The molecule has 4 nitrogen and oxygen atoms in total. The van der Waals surface area contributed by atoms with Crippen LogP contribution in [-0.4, -0.2) is 19.2 Å². The fourth-order valence-electron chi connectivity index (χ4n) is 1.81. The van der Waals surface area contributed by atoms with Crippen LogP contribution in [0.25, 0.3) is 0 Å². The van der Waals surface area contributed by atoms with Gasteiger partial charge in [0.05, 0.1) is 14.2 Å². The van der Waals surface area contributed by atoms with Crippen LogP contribution in [0, 0.1) is 0 Å². The predicted molar refractivity (Wildman–Crippen MR) is 70.9 cm³/mol. The van der Waals surface area contributed by atoms with Crippen LogP contribution in [0.5, 0.6) is 11.5 Å². The van der Waals surface area contributed by atoms with Gasteiger partial charge in [0.2, 0.25) is 0 Å². The van der Waals surface area contributed by atoms with E-state index in [0.29, 0.717) is 0 Å². The van der Waals surface area contributed by atoms with Crippen LogP contribution in [0.4, 0.5) is 0 Å². The Bertz CT molecular complexity index is 481. The van der Waals surface area contributed by atoms with Crippen molar-refractivity contribution in [3.8, 4) is 11.5 Å². The maximum absolute atomic E-state index is 5.35. The van der Waals surface area contributed by atoms with Gasteiger partial charge < -0.3 is 19.8 Å². The summed E-state index contributed by atoms with van der Waals surface area (Å²) in [5.41, 5.74) is 2.36. The van der Waals surface area contributed by atoms with Gasteiger partial charge in [-0.05, 0) is 17.7 Å². The zero-order valence-electron chi connectivity index (χ0n) is 10.7. The lowest BCUT2D eigenvalue weighted by molar-refractivity contribution is 0.390. The predicted octanol–water partition coefficient (Wildman–Crippen LogP) is 2.32. The summed E-state index contributed by atoms with van der Waals surface area (Å²) in [6.07, 6.45) is 3.91. The van der Waals surface area contributed by atoms with Crippen LogP contribution in [0.3, 0.4) is 0 Å². The highest BCUT2D eigenvalue weighted by Gasteiger charge is 2.04. The average molecular weight is 246 g/mol. The summed E-state index contributed by atoms with van der Waals surface area (Å²) in [5.74, 6) is 1.65. The van der Waals surface area contributed by atoms with Gasteiger partial charge in [-0.2, -0.15) is 0 Å². The van der Waals surface area contributed by atoms with E-state index in [9.17, 15) is 0 Å². The first kappa shape index (κ1) is 12.5. The quantitative estimate of drug-likeness (QED) is 0.822. The van der Waals surface area contributed by atoms with E-state index in [1.165, 1.54) is 5.56 Å². The van der Waals surface area contributed by atoms with Crippen molar-refractivity contribution in [2.24, 2.45) is 0 Å². The fourth-order valence-corrected chi connectivity index (χ4v) is 1.81. The third-order valence-electron chi connectivity index (χ3n) is 2.80. The minimum absolute atomic E-state index is 0.762. The lowest BCUT2D eigenvalue weighted by Gasteiger charge is -2.11. The van der Waals surface area contributed by atoms with Gasteiger partial charge in [-0.25, -0.2) is 0 Å². The summed E-state index contributed by atoms with van der Waals surface area (Å²) in [5, 5.41) is 3.38. The molecule has 1 aromatic carbocycles. The van der Waals surface area contributed by atoms with Crippen molar-refractivity contribution in [1.29, 1.82) is 0 Å². The lowest BCUT2D eigenvalue weighted by Crippen LogP contribution is -2.12. The smallest absolute Gasteiger partial charge is 0.127 e. The van der Waals surface area contributed by atoms with Crippen molar-refractivity contribution in [1.82, 2.24) is 10.3 Å². The summed E-state index contributed by atoms with van der Waals surface area (Å²) in [4.78, 5) is 3.03. The topological polar surface area (TPSA) is 46.3 Å². The zero-order valence-corrected chi connectivity index (χ0v) is 10.7. The van der Waals surface area contributed by atoms with Gasteiger partial charge in [0, 0.05) is 37.1 Å². The molecule has 2 rings (SSSR count). The highest BCUT2D eigenvalue weighted by molar-refractivity contribution is 5.40. The van der Waals surface area contributed by atoms with E-state index in [-0.39, 0.29) is 0 Å². The molecule has 0 radical (unpaired) electrons. The highest BCUT2D eigenvalue weighted by atomic mass is 16.5. The molecule has 0 unspecified atom stereocenters. The van der Waals surface area contributed by atoms with Crippen LogP contribution in [0.2, 0.25) is 0 Å². The van der Waals surface area contributed by atoms with E-state index in [0.717, 1.165) is 30.2 Å². The molecule has 0 saturated heterocycles. The van der Waals surface area contributed by atoms with E-state index in [1.807, 2.05) is 30.6 Å². The summed E-state index contributed by atoms with van der Waals surface area (Å²) in [6.45, 7) is 1.59. The number of methoxy groups -OCH3 is 2. The Hall–Kier alpha value is -1.94. The Balaban J connectivity index is 1.96. The third-order valence-corrected chi connectivity index (χ3v) is 2.80. The van der Waals surface area contributed by atoms with E-state index in [4.69, 9.17) is 9.47 Å². The first-order chi connectivity index (χ1) is 8.83. The van der Waals surface area contributed by atoms with E-state index in [2.05, 4.69) is 16.4 Å². The number of ether oxygens (including phenoxy) is 2. The molecular formula is C14H18N2O2. The van der Waals surface area contributed by atoms with Crippen LogP contribution < -0.4 is 14.8 Å². The highest BCUT2D eigenvalue weighted by Crippen LogP contribution is 2.24. The molecule has 2 N–H and O–H groups in total. The van der Waals surface area contributed by atoms with Crippen LogP contribution in [-0.2, 0) is 13.1 Å². The summed E-state index contributed by atoms with van der Waals surface area (Å²) >= 11 is 0. The van der Waals surface area contributed by atoms with Gasteiger partial charge in [-0.1, -0.05) is 6.07 Å². The Morgan fingerprint density at radius 3 is 2.67 bits per heavy atom. The van der Waals surface area contributed by atoms with Crippen LogP contribution in [0.1, 0.15) is 11.1 Å². The molecular weight excluding hydrogens is 228 g/mol. The Labute approximate surface area is 107 Å². The molecule has 18 heavy (non-hydrogen) atoms. The van der Waals surface area contributed by atoms with Crippen molar-refractivity contribution in [3.05, 3.63) is 47.8 Å². The van der Waals surface area contributed by atoms with Gasteiger partial charge in [0.25, 0.3) is 0 Å². The molecule has 0 saturated carbocycles. The number of hydrogen-bond acceptors (Lipinski definition) is 3. The van der Waals surface area contributed by atoms with Crippen molar-refractivity contribution < 1.29 is 9.47 Å². The van der Waals surface area contributed by atoms with E-state index >= 15 is 0 Å². The van der Waals surface area contributed by atoms with Crippen molar-refractivity contribution in [2.45, 2.75) is 13.1 Å². The summed E-state index contributed by atoms with van der Waals surface area (Å²) in [7, 11) is 3.32. The monoisotopic (exact) mass is 246 g/mol. The minimum Gasteiger partial charge on any atom is -0.497 e. The molecule has 2 aromatic rings. The molecule has 4 heteroatoms. The average Bonchev–Trinajstić information content (AvgIpc) is 2.92. The number of nitrogens with one attached hydrogen (secondary N) is 2. The number of H-pyrrole nitrogens is 1.